The zero-order valence-corrected chi connectivity index (χ0v) is 20.0. The van der Waals surface area contributed by atoms with Crippen LogP contribution < -0.4 is 5.32 Å². The average Bonchev–Trinajstić information content (AvgIpc) is 2.68. The van der Waals surface area contributed by atoms with E-state index in [1.54, 1.807) is 0 Å². The van der Waals surface area contributed by atoms with Gasteiger partial charge in [-0.15, -0.1) is 0 Å². The van der Waals surface area contributed by atoms with Crippen LogP contribution in [0.15, 0.2) is 0 Å². The number of hydrogen-bond donors (Lipinski definition) is 3. The first-order valence-corrected chi connectivity index (χ1v) is 14.7. The molecule has 10 heteroatoms. The minimum atomic E-state index is -3.71. The Morgan fingerprint density at radius 1 is 0.966 bits per heavy atom. The molecule has 0 aliphatic carbocycles. The molecule has 5 atom stereocenters. The highest BCUT2D eigenvalue weighted by Crippen LogP contribution is 2.57. The highest BCUT2D eigenvalue weighted by molar-refractivity contribution is 7.69. The number of rotatable bonds is 8. The summed E-state index contributed by atoms with van der Waals surface area (Å²) in [5.41, 5.74) is 0. The fraction of sp³-hybridized carbons (Fsp3) is 1.00. The number of nitrogens with one attached hydrogen (secondary N) is 1. The molecular weight excluding hydrogens is 410 g/mol. The third kappa shape index (κ3) is 9.49. The predicted octanol–water partition coefficient (Wildman–Crippen LogP) is 1.89. The molecule has 2 heterocycles. The molecule has 2 aliphatic heterocycles. The Bertz CT molecular complexity index is 540. The lowest BCUT2D eigenvalue weighted by molar-refractivity contribution is 0.150. The highest BCUT2D eigenvalue weighted by atomic mass is 31.2. The van der Waals surface area contributed by atoms with Crippen LogP contribution >= 0.6 is 15.4 Å². The first-order chi connectivity index (χ1) is 13.9. The van der Waals surface area contributed by atoms with Crippen LogP contribution in [0.4, 0.5) is 0 Å². The van der Waals surface area contributed by atoms with Gasteiger partial charge in [0.2, 0.25) is 15.4 Å². The first kappa shape index (κ1) is 25.5. The quantitative estimate of drug-likeness (QED) is 0.380. The second kappa shape index (κ2) is 13.6. The van der Waals surface area contributed by atoms with E-state index in [1.807, 2.05) is 0 Å². The van der Waals surface area contributed by atoms with Crippen LogP contribution in [0, 0.1) is 0 Å². The zero-order chi connectivity index (χ0) is 21.1. The maximum absolute atomic E-state index is 13.1. The minimum absolute atomic E-state index is 0.0379. The number of nitrogens with zero attached hydrogens (tertiary/aromatic N) is 3. The Hall–Kier alpha value is 0.220. The van der Waals surface area contributed by atoms with Gasteiger partial charge in [-0.2, -0.15) is 0 Å². The van der Waals surface area contributed by atoms with Gasteiger partial charge in [0.05, 0.1) is 6.29 Å². The van der Waals surface area contributed by atoms with E-state index in [0.29, 0.717) is 6.42 Å². The topological polar surface area (TPSA) is 96.3 Å². The largest absolute Gasteiger partial charge is 0.346 e. The number of fused-ring (bicyclic) bond motifs is 3. The SMILES string of the molecule is CCCCCC([PH](=O)O)P(=O)(O)CN1CCCN2CCNCCCN(CC2)CC1. The molecule has 0 spiro atoms. The van der Waals surface area contributed by atoms with Crippen molar-refractivity contribution < 1.29 is 18.9 Å². The van der Waals surface area contributed by atoms with Crippen molar-refractivity contribution >= 4 is 15.4 Å². The second-order valence-electron chi connectivity index (χ2n) is 8.51. The van der Waals surface area contributed by atoms with Gasteiger partial charge in [-0.1, -0.05) is 26.2 Å². The van der Waals surface area contributed by atoms with Crippen LogP contribution in [0.5, 0.6) is 0 Å². The number of unbranched alkanes of at least 4 members (excludes halogenated alkanes) is 2. The molecule has 0 aromatic heterocycles. The molecule has 0 aromatic carbocycles. The summed E-state index contributed by atoms with van der Waals surface area (Å²) >= 11 is 0. The smallest absolute Gasteiger partial charge is 0.226 e. The van der Waals surface area contributed by atoms with Crippen LogP contribution in [0.25, 0.3) is 0 Å². The van der Waals surface area contributed by atoms with Crippen molar-refractivity contribution in [2.75, 3.05) is 71.7 Å². The van der Waals surface area contributed by atoms with Crippen molar-refractivity contribution in [1.82, 2.24) is 20.0 Å². The molecule has 2 saturated heterocycles. The van der Waals surface area contributed by atoms with Gasteiger partial charge < -0.3 is 24.9 Å². The molecule has 2 fully saturated rings. The monoisotopic (exact) mass is 452 g/mol. The third-order valence-corrected chi connectivity index (χ3v) is 10.9. The van der Waals surface area contributed by atoms with E-state index in [1.165, 1.54) is 0 Å². The number of hydrogen-bond acceptors (Lipinski definition) is 6. The van der Waals surface area contributed by atoms with Gasteiger partial charge >= 0.3 is 0 Å². The molecule has 2 rings (SSSR count). The summed E-state index contributed by atoms with van der Waals surface area (Å²) in [5.74, 6) is 0. The van der Waals surface area contributed by atoms with Crippen molar-refractivity contribution in [3.63, 3.8) is 0 Å². The maximum atomic E-state index is 13.1. The molecule has 3 N–H and O–H groups in total. The molecule has 172 valence electrons. The van der Waals surface area contributed by atoms with E-state index in [0.717, 1.165) is 97.6 Å². The van der Waals surface area contributed by atoms with Crippen molar-refractivity contribution in [3.05, 3.63) is 0 Å². The second-order valence-corrected chi connectivity index (χ2v) is 12.8. The summed E-state index contributed by atoms with van der Waals surface area (Å²) < 4.78 is 25.0. The van der Waals surface area contributed by atoms with Gasteiger partial charge in [-0.25, -0.2) is 0 Å². The molecule has 0 saturated carbocycles. The van der Waals surface area contributed by atoms with Crippen LogP contribution in [-0.2, 0) is 9.13 Å². The fourth-order valence-corrected chi connectivity index (χ4v) is 7.98. The molecule has 5 unspecified atom stereocenters. The lowest BCUT2D eigenvalue weighted by atomic mass is 10.2. The summed E-state index contributed by atoms with van der Waals surface area (Å²) in [5, 5.41) is 2.55. The van der Waals surface area contributed by atoms with Crippen molar-refractivity contribution in [3.8, 4) is 0 Å². The van der Waals surface area contributed by atoms with Gasteiger partial charge in [0.25, 0.3) is 0 Å². The summed E-state index contributed by atoms with van der Waals surface area (Å²) in [4.78, 5) is 27.5. The van der Waals surface area contributed by atoms with Gasteiger partial charge in [0, 0.05) is 39.3 Å². The summed E-state index contributed by atoms with van der Waals surface area (Å²) in [6.07, 6.45) is 5.13. The Kier molecular flexibility index (Phi) is 11.9. The standard InChI is InChI=1S/C19H42N4O4P2/c1-2-3-4-7-19(28(24)25)29(26,27)18-23-12-6-11-21-13-9-20-8-5-10-22(15-14-21)16-17-23/h19-20,28H,2-18H2,1H3,(H,24,25)(H,26,27). The molecule has 2 bridgehead atoms. The minimum Gasteiger partial charge on any atom is -0.346 e. The van der Waals surface area contributed by atoms with Gasteiger partial charge in [-0.05, 0) is 45.4 Å². The molecular formula is C19H42N4O4P2. The molecule has 0 radical (unpaired) electrons. The zero-order valence-electron chi connectivity index (χ0n) is 18.1. The molecule has 0 amide bonds. The predicted molar refractivity (Wildman–Crippen MR) is 120 cm³/mol. The Balaban J connectivity index is 2.01. The van der Waals surface area contributed by atoms with E-state index < -0.39 is 20.8 Å². The normalized spacial score (nSPS) is 29.6. The average molecular weight is 453 g/mol. The Morgan fingerprint density at radius 2 is 1.66 bits per heavy atom. The van der Waals surface area contributed by atoms with Gasteiger partial charge in [0.1, 0.15) is 5.40 Å². The summed E-state index contributed by atoms with van der Waals surface area (Å²) in [6, 6.07) is 0. The first-order valence-electron chi connectivity index (χ1n) is 11.3. The van der Waals surface area contributed by atoms with E-state index >= 15 is 0 Å². The van der Waals surface area contributed by atoms with Crippen LogP contribution in [-0.4, -0.2) is 102 Å². The van der Waals surface area contributed by atoms with E-state index in [9.17, 15) is 18.9 Å². The van der Waals surface area contributed by atoms with Crippen LogP contribution in [0.2, 0.25) is 0 Å². The molecule has 8 nitrogen and oxygen atoms in total. The van der Waals surface area contributed by atoms with Crippen LogP contribution in [0.1, 0.15) is 45.4 Å². The highest BCUT2D eigenvalue weighted by Gasteiger charge is 2.36. The van der Waals surface area contributed by atoms with Crippen molar-refractivity contribution in [2.24, 2.45) is 0 Å². The van der Waals surface area contributed by atoms with Crippen molar-refractivity contribution in [2.45, 2.75) is 50.8 Å². The summed E-state index contributed by atoms with van der Waals surface area (Å²) in [6.45, 7) is 11.7. The maximum Gasteiger partial charge on any atom is 0.226 e. The van der Waals surface area contributed by atoms with E-state index in [4.69, 9.17) is 0 Å². The fourth-order valence-electron chi connectivity index (χ4n) is 4.27. The van der Waals surface area contributed by atoms with E-state index in [2.05, 4.69) is 26.9 Å². The third-order valence-electron chi connectivity index (χ3n) is 6.10. The van der Waals surface area contributed by atoms with Gasteiger partial charge in [0.15, 0.2) is 0 Å². The Labute approximate surface area is 177 Å². The van der Waals surface area contributed by atoms with Gasteiger partial charge in [-0.3, -0.25) is 14.0 Å². The molecule has 29 heavy (non-hydrogen) atoms. The van der Waals surface area contributed by atoms with E-state index in [-0.39, 0.29) is 6.29 Å². The lowest BCUT2D eigenvalue weighted by Gasteiger charge is -2.35. The summed E-state index contributed by atoms with van der Waals surface area (Å²) in [7, 11) is -6.74. The Morgan fingerprint density at radius 3 is 2.38 bits per heavy atom. The molecule has 0 aromatic rings. The van der Waals surface area contributed by atoms with Crippen LogP contribution in [0.3, 0.4) is 0 Å². The lowest BCUT2D eigenvalue weighted by Crippen LogP contribution is -2.46. The van der Waals surface area contributed by atoms with Crippen molar-refractivity contribution in [1.29, 1.82) is 0 Å². The molecule has 2 aliphatic rings.